The van der Waals surface area contributed by atoms with Crippen molar-refractivity contribution >= 4 is 5.97 Å². The molecule has 13 heavy (non-hydrogen) atoms. The molecule has 3 nitrogen and oxygen atoms in total. The molecule has 3 heteroatoms. The molecule has 0 unspecified atom stereocenters. The molecule has 1 atom stereocenters. The third kappa shape index (κ3) is 2.69. The van der Waals surface area contributed by atoms with E-state index < -0.39 is 5.97 Å². The molecule has 0 bridgehead atoms. The van der Waals surface area contributed by atoms with Crippen molar-refractivity contribution < 1.29 is 9.90 Å². The molecule has 76 valence electrons. The van der Waals surface area contributed by atoms with E-state index in [0.717, 1.165) is 32.1 Å². The Morgan fingerprint density at radius 2 is 2.15 bits per heavy atom. The van der Waals surface area contributed by atoms with Crippen LogP contribution >= 0.6 is 0 Å². The minimum Gasteiger partial charge on any atom is -0.481 e. The molecule has 0 spiro atoms. The lowest BCUT2D eigenvalue weighted by Gasteiger charge is -2.18. The number of carboxylic acids is 1. The molecule has 1 saturated carbocycles. The highest BCUT2D eigenvalue weighted by Gasteiger charge is 2.47. The van der Waals surface area contributed by atoms with E-state index in [9.17, 15) is 4.79 Å². The van der Waals surface area contributed by atoms with Crippen molar-refractivity contribution in [2.24, 2.45) is 17.1 Å². The molecule has 1 fully saturated rings. The first kappa shape index (κ1) is 10.5. The Balaban J connectivity index is 2.35. The summed E-state index contributed by atoms with van der Waals surface area (Å²) in [4.78, 5) is 10.9. The van der Waals surface area contributed by atoms with Crippen molar-refractivity contribution in [1.82, 2.24) is 0 Å². The zero-order valence-electron chi connectivity index (χ0n) is 8.25. The van der Waals surface area contributed by atoms with E-state index in [0.29, 0.717) is 6.54 Å². The topological polar surface area (TPSA) is 63.3 Å². The van der Waals surface area contributed by atoms with Gasteiger partial charge in [0.05, 0.1) is 5.92 Å². The number of carboxylic acid groups (broad SMARTS) is 1. The Morgan fingerprint density at radius 3 is 2.54 bits per heavy atom. The molecule has 0 radical (unpaired) electrons. The lowest BCUT2D eigenvalue weighted by atomic mass is 9.86. The molecule has 0 aromatic rings. The van der Waals surface area contributed by atoms with Gasteiger partial charge >= 0.3 is 5.97 Å². The first-order valence-corrected chi connectivity index (χ1v) is 5.03. The fourth-order valence-corrected chi connectivity index (χ4v) is 1.81. The van der Waals surface area contributed by atoms with Crippen LogP contribution in [-0.4, -0.2) is 17.6 Å². The Bertz CT molecular complexity index is 187. The largest absolute Gasteiger partial charge is 0.481 e. The smallest absolute Gasteiger partial charge is 0.307 e. The average Bonchev–Trinajstić information content (AvgIpc) is 2.77. The number of carbonyl (C=O) groups is 1. The Kier molecular flexibility index (Phi) is 3.31. The van der Waals surface area contributed by atoms with Gasteiger partial charge in [0.25, 0.3) is 0 Å². The predicted molar refractivity (Wildman–Crippen MR) is 51.4 cm³/mol. The van der Waals surface area contributed by atoms with Gasteiger partial charge in [0.2, 0.25) is 0 Å². The van der Waals surface area contributed by atoms with E-state index in [1.807, 2.05) is 0 Å². The number of hydrogen-bond acceptors (Lipinski definition) is 2. The molecule has 1 aliphatic carbocycles. The fourth-order valence-electron chi connectivity index (χ4n) is 1.81. The van der Waals surface area contributed by atoms with E-state index >= 15 is 0 Å². The molecule has 1 rings (SSSR count). The van der Waals surface area contributed by atoms with Crippen LogP contribution in [0.25, 0.3) is 0 Å². The van der Waals surface area contributed by atoms with Crippen LogP contribution in [0.4, 0.5) is 0 Å². The van der Waals surface area contributed by atoms with E-state index in [1.54, 1.807) is 0 Å². The maximum Gasteiger partial charge on any atom is 0.307 e. The minimum atomic E-state index is -0.628. The van der Waals surface area contributed by atoms with Gasteiger partial charge in [0.1, 0.15) is 0 Å². The molecule has 0 amide bonds. The lowest BCUT2D eigenvalue weighted by Crippen LogP contribution is -2.22. The van der Waals surface area contributed by atoms with Crippen molar-refractivity contribution in [1.29, 1.82) is 0 Å². The second-order valence-corrected chi connectivity index (χ2v) is 4.33. The zero-order valence-corrected chi connectivity index (χ0v) is 8.25. The van der Waals surface area contributed by atoms with Gasteiger partial charge in [0, 0.05) is 0 Å². The van der Waals surface area contributed by atoms with Crippen molar-refractivity contribution in [2.45, 2.75) is 39.0 Å². The maximum atomic E-state index is 10.9. The summed E-state index contributed by atoms with van der Waals surface area (Å²) in [5, 5.41) is 9.02. The first-order valence-electron chi connectivity index (χ1n) is 5.03. The number of aliphatic carboxylic acids is 1. The summed E-state index contributed by atoms with van der Waals surface area (Å²) in [5.41, 5.74) is 5.47. The van der Waals surface area contributed by atoms with Gasteiger partial charge in [-0.25, -0.2) is 0 Å². The molecule has 0 aromatic carbocycles. The molecular formula is C10H19NO2. The normalized spacial score (nSPS) is 21.1. The fraction of sp³-hybridized carbons (Fsp3) is 0.900. The average molecular weight is 185 g/mol. The van der Waals surface area contributed by atoms with Gasteiger partial charge in [-0.3, -0.25) is 4.79 Å². The van der Waals surface area contributed by atoms with Crippen molar-refractivity contribution in [2.75, 3.05) is 6.54 Å². The van der Waals surface area contributed by atoms with Crippen LogP contribution in [0.5, 0.6) is 0 Å². The Morgan fingerprint density at radius 1 is 1.54 bits per heavy atom. The van der Waals surface area contributed by atoms with E-state index in [4.69, 9.17) is 10.8 Å². The van der Waals surface area contributed by atoms with Gasteiger partial charge in [-0.2, -0.15) is 0 Å². The van der Waals surface area contributed by atoms with Crippen LogP contribution in [0.3, 0.4) is 0 Å². The maximum absolute atomic E-state index is 10.9. The van der Waals surface area contributed by atoms with Crippen LogP contribution in [0.2, 0.25) is 0 Å². The molecule has 0 aromatic heterocycles. The summed E-state index contributed by atoms with van der Waals surface area (Å²) in [6.07, 6.45) is 4.84. The highest BCUT2D eigenvalue weighted by atomic mass is 16.4. The number of unbranched alkanes of at least 4 members (excludes halogenated alkanes) is 1. The number of rotatable bonds is 6. The summed E-state index contributed by atoms with van der Waals surface area (Å²) in [5.74, 6) is -0.768. The van der Waals surface area contributed by atoms with Gasteiger partial charge in [0.15, 0.2) is 0 Å². The Hall–Kier alpha value is -0.570. The third-order valence-corrected chi connectivity index (χ3v) is 3.12. The molecule has 1 aliphatic rings. The lowest BCUT2D eigenvalue weighted by molar-refractivity contribution is -0.144. The summed E-state index contributed by atoms with van der Waals surface area (Å²) in [6.45, 7) is 2.75. The van der Waals surface area contributed by atoms with E-state index in [-0.39, 0.29) is 11.3 Å². The van der Waals surface area contributed by atoms with Crippen molar-refractivity contribution in [3.05, 3.63) is 0 Å². The van der Waals surface area contributed by atoms with Gasteiger partial charge < -0.3 is 10.8 Å². The zero-order chi connectivity index (χ0) is 9.90. The summed E-state index contributed by atoms with van der Waals surface area (Å²) < 4.78 is 0. The standard InChI is InChI=1S/C10H19NO2/c1-10(5-6-10)8(9(12)13)4-2-3-7-11/h8H,2-7,11H2,1H3,(H,12,13)/t8-/m0/s1. The molecule has 0 aliphatic heterocycles. The highest BCUT2D eigenvalue weighted by molar-refractivity contribution is 5.71. The summed E-state index contributed by atoms with van der Waals surface area (Å²) in [6, 6.07) is 0. The second kappa shape index (κ2) is 4.09. The van der Waals surface area contributed by atoms with Crippen LogP contribution in [0.1, 0.15) is 39.0 Å². The van der Waals surface area contributed by atoms with E-state index in [2.05, 4.69) is 6.92 Å². The van der Waals surface area contributed by atoms with Crippen LogP contribution < -0.4 is 5.73 Å². The van der Waals surface area contributed by atoms with Gasteiger partial charge in [-0.15, -0.1) is 0 Å². The molecule has 0 heterocycles. The van der Waals surface area contributed by atoms with Crippen molar-refractivity contribution in [3.8, 4) is 0 Å². The third-order valence-electron chi connectivity index (χ3n) is 3.12. The molecule has 3 N–H and O–H groups in total. The minimum absolute atomic E-state index is 0.0977. The summed E-state index contributed by atoms with van der Waals surface area (Å²) >= 11 is 0. The van der Waals surface area contributed by atoms with Gasteiger partial charge in [-0.05, 0) is 37.6 Å². The first-order chi connectivity index (χ1) is 6.10. The highest BCUT2D eigenvalue weighted by Crippen LogP contribution is 2.53. The van der Waals surface area contributed by atoms with Crippen LogP contribution in [-0.2, 0) is 4.79 Å². The predicted octanol–water partition coefficient (Wildman–Crippen LogP) is 1.62. The van der Waals surface area contributed by atoms with Crippen molar-refractivity contribution in [3.63, 3.8) is 0 Å². The second-order valence-electron chi connectivity index (χ2n) is 4.33. The monoisotopic (exact) mass is 185 g/mol. The molecule has 0 saturated heterocycles. The summed E-state index contributed by atoms with van der Waals surface area (Å²) in [7, 11) is 0. The van der Waals surface area contributed by atoms with Crippen LogP contribution in [0, 0.1) is 11.3 Å². The number of nitrogens with two attached hydrogens (primary N) is 1. The quantitative estimate of drug-likeness (QED) is 0.618. The Labute approximate surface area is 79.3 Å². The van der Waals surface area contributed by atoms with Gasteiger partial charge in [-0.1, -0.05) is 13.3 Å². The molecular weight excluding hydrogens is 166 g/mol. The van der Waals surface area contributed by atoms with Crippen LogP contribution in [0.15, 0.2) is 0 Å². The SMILES string of the molecule is CC1([C@@H](CCCCN)C(=O)O)CC1. The van der Waals surface area contributed by atoms with E-state index in [1.165, 1.54) is 0 Å². The number of hydrogen-bond donors (Lipinski definition) is 2.